The molecule has 5 nitrogen and oxygen atoms in total. The molecule has 4 aromatic rings. The number of aromatic amines is 1. The minimum absolute atomic E-state index is 0.134. The highest BCUT2D eigenvalue weighted by Gasteiger charge is 2.23. The Kier molecular flexibility index (Phi) is 7.47. The summed E-state index contributed by atoms with van der Waals surface area (Å²) in [5.74, 6) is -0.142. The number of imidazole rings is 1. The average Bonchev–Trinajstić information content (AvgIpc) is 3.28. The van der Waals surface area contributed by atoms with Crippen LogP contribution in [-0.4, -0.2) is 15.0 Å². The number of nitrogens with zero attached hydrogens (tertiary/aromatic N) is 2. The van der Waals surface area contributed by atoms with E-state index < -0.39 is 5.82 Å². The zero-order valence-electron chi connectivity index (χ0n) is 22.4. The lowest BCUT2D eigenvalue weighted by molar-refractivity contribution is 0.371. The molecular formula is C33H31F2N5. The van der Waals surface area contributed by atoms with E-state index in [1.54, 1.807) is 54.9 Å². The molecule has 1 aliphatic rings. The Morgan fingerprint density at radius 1 is 1.12 bits per heavy atom. The molecule has 1 fully saturated rings. The first-order valence-corrected chi connectivity index (χ1v) is 13.1. The molecule has 2 aromatic heterocycles. The largest absolute Gasteiger partial charge is 0.398 e. The number of nitrogen functional groups attached to an aromatic ring is 1. The van der Waals surface area contributed by atoms with E-state index in [-0.39, 0.29) is 22.6 Å². The minimum atomic E-state index is -0.534. The Balaban J connectivity index is 1.50. The first-order chi connectivity index (χ1) is 19.3. The van der Waals surface area contributed by atoms with Crippen molar-refractivity contribution in [3.63, 3.8) is 0 Å². The normalized spacial score (nSPS) is 13.5. The number of benzene rings is 2. The summed E-state index contributed by atoms with van der Waals surface area (Å²) in [6.07, 6.45) is 10.0. The highest BCUT2D eigenvalue weighted by Crippen LogP contribution is 2.37. The van der Waals surface area contributed by atoms with Crippen molar-refractivity contribution in [2.75, 3.05) is 11.1 Å². The van der Waals surface area contributed by atoms with Gasteiger partial charge in [-0.2, -0.15) is 0 Å². The van der Waals surface area contributed by atoms with Gasteiger partial charge in [-0.05, 0) is 49.9 Å². The van der Waals surface area contributed by atoms with Crippen molar-refractivity contribution in [1.82, 2.24) is 15.0 Å². The Morgan fingerprint density at radius 3 is 2.60 bits per heavy atom. The van der Waals surface area contributed by atoms with Crippen LogP contribution < -0.4 is 11.1 Å². The fourth-order valence-corrected chi connectivity index (χ4v) is 4.90. The molecule has 0 unspecified atom stereocenters. The molecule has 202 valence electrons. The number of H-pyrrole nitrogens is 1. The van der Waals surface area contributed by atoms with Crippen molar-refractivity contribution in [2.24, 2.45) is 5.92 Å². The smallest absolute Gasteiger partial charge is 0.141 e. The van der Waals surface area contributed by atoms with E-state index in [0.717, 1.165) is 24.2 Å². The van der Waals surface area contributed by atoms with Crippen LogP contribution >= 0.6 is 0 Å². The second-order valence-electron chi connectivity index (χ2n) is 9.97. The predicted molar refractivity (Wildman–Crippen MR) is 159 cm³/mol. The quantitative estimate of drug-likeness (QED) is 0.150. The number of hydrogen-bond acceptors (Lipinski definition) is 4. The first-order valence-electron chi connectivity index (χ1n) is 13.1. The van der Waals surface area contributed by atoms with Crippen LogP contribution in [0.4, 0.5) is 20.2 Å². The Bertz CT molecular complexity index is 1660. The highest BCUT2D eigenvalue weighted by molar-refractivity contribution is 5.87. The molecule has 0 bridgehead atoms. The van der Waals surface area contributed by atoms with Crippen LogP contribution in [0, 0.1) is 24.5 Å². The van der Waals surface area contributed by atoms with E-state index >= 15 is 4.39 Å². The molecular weight excluding hydrogens is 504 g/mol. The lowest BCUT2D eigenvalue weighted by Gasteiger charge is -2.28. The summed E-state index contributed by atoms with van der Waals surface area (Å²) >= 11 is 0. The number of nitrogens with two attached hydrogens (primary N) is 1. The standard InChI is InChI=1S/C33H31F2N5/c1-5-9-27(26-12-6-7-13-28(26)34)32-21(4)39-33(40-32)19(2)30-29(36)15-14-25(31(30)35)23-16-24(18-37-17-23)38-20(3)22-10-8-11-22/h5-7,9,12-18,22,38H,1-3,8,10-11,36H2,4H3,(H,39,40)/b27-9-. The summed E-state index contributed by atoms with van der Waals surface area (Å²) < 4.78 is 30.8. The molecule has 7 heteroatoms. The SMILES string of the molecule is C=C/C=C(/c1ccccc1F)c1nc(C(=C)c2c(N)ccc(-c3cncc(NC(=C)C4CCC4)c3)c2F)[nH]c1C. The molecule has 2 aromatic carbocycles. The van der Waals surface area contributed by atoms with E-state index in [1.807, 2.05) is 13.0 Å². The molecule has 0 saturated heterocycles. The fraction of sp³-hybridized carbons (Fsp3) is 0.152. The molecule has 1 aliphatic carbocycles. The van der Waals surface area contributed by atoms with E-state index in [2.05, 4.69) is 35.0 Å². The summed E-state index contributed by atoms with van der Waals surface area (Å²) in [4.78, 5) is 12.2. The van der Waals surface area contributed by atoms with Gasteiger partial charge in [-0.3, -0.25) is 4.98 Å². The number of rotatable bonds is 9. The van der Waals surface area contributed by atoms with E-state index in [9.17, 15) is 4.39 Å². The van der Waals surface area contributed by atoms with Gasteiger partial charge in [0.15, 0.2) is 0 Å². The maximum atomic E-state index is 16.1. The fourth-order valence-electron chi connectivity index (χ4n) is 4.90. The molecule has 0 aliphatic heterocycles. The van der Waals surface area contributed by atoms with Crippen molar-refractivity contribution < 1.29 is 8.78 Å². The number of allylic oxidation sites excluding steroid dienone is 3. The lowest BCUT2D eigenvalue weighted by Crippen LogP contribution is -2.18. The topological polar surface area (TPSA) is 79.6 Å². The molecule has 0 spiro atoms. The average molecular weight is 536 g/mol. The van der Waals surface area contributed by atoms with Crippen LogP contribution in [0.1, 0.15) is 47.6 Å². The van der Waals surface area contributed by atoms with Gasteiger partial charge in [0, 0.05) is 56.7 Å². The predicted octanol–water partition coefficient (Wildman–Crippen LogP) is 8.05. The highest BCUT2D eigenvalue weighted by atomic mass is 19.1. The van der Waals surface area contributed by atoms with Gasteiger partial charge in [0.2, 0.25) is 0 Å². The van der Waals surface area contributed by atoms with Crippen molar-refractivity contribution in [3.05, 3.63) is 132 Å². The van der Waals surface area contributed by atoms with E-state index in [1.165, 1.54) is 12.5 Å². The van der Waals surface area contributed by atoms with Crippen LogP contribution in [0.2, 0.25) is 0 Å². The summed E-state index contributed by atoms with van der Waals surface area (Å²) in [5.41, 5.74) is 11.6. The summed E-state index contributed by atoms with van der Waals surface area (Å²) in [6, 6.07) is 11.6. The van der Waals surface area contributed by atoms with Crippen LogP contribution in [0.3, 0.4) is 0 Å². The van der Waals surface area contributed by atoms with Crippen LogP contribution in [0.25, 0.3) is 22.3 Å². The zero-order chi connectivity index (χ0) is 28.4. The third-order valence-corrected chi connectivity index (χ3v) is 7.30. The molecule has 2 heterocycles. The Morgan fingerprint density at radius 2 is 1.90 bits per heavy atom. The van der Waals surface area contributed by atoms with Crippen LogP contribution in [-0.2, 0) is 0 Å². The van der Waals surface area contributed by atoms with Crippen LogP contribution in [0.15, 0.2) is 92.4 Å². The maximum Gasteiger partial charge on any atom is 0.141 e. The van der Waals surface area contributed by atoms with Gasteiger partial charge in [0.1, 0.15) is 17.5 Å². The number of aryl methyl sites for hydroxylation is 1. The van der Waals surface area contributed by atoms with Gasteiger partial charge in [-0.15, -0.1) is 0 Å². The first kappa shape index (κ1) is 26.8. The van der Waals surface area contributed by atoms with Crippen molar-refractivity contribution in [1.29, 1.82) is 0 Å². The Labute approximate surface area is 232 Å². The second kappa shape index (κ2) is 11.1. The van der Waals surface area contributed by atoms with Gasteiger partial charge in [-0.1, -0.05) is 56.5 Å². The third-order valence-electron chi connectivity index (χ3n) is 7.30. The molecule has 1 saturated carbocycles. The third kappa shape index (κ3) is 5.10. The minimum Gasteiger partial charge on any atom is -0.398 e. The number of aromatic nitrogens is 3. The molecule has 5 rings (SSSR count). The summed E-state index contributed by atoms with van der Waals surface area (Å²) in [6.45, 7) is 13.9. The number of hydrogen-bond donors (Lipinski definition) is 3. The zero-order valence-corrected chi connectivity index (χ0v) is 22.4. The van der Waals surface area contributed by atoms with Crippen molar-refractivity contribution >= 4 is 22.5 Å². The van der Waals surface area contributed by atoms with Crippen molar-refractivity contribution in [2.45, 2.75) is 26.2 Å². The number of halogens is 2. The molecule has 40 heavy (non-hydrogen) atoms. The van der Waals surface area contributed by atoms with Gasteiger partial charge in [-0.25, -0.2) is 13.8 Å². The molecule has 4 N–H and O–H groups in total. The molecule has 0 radical (unpaired) electrons. The summed E-state index contributed by atoms with van der Waals surface area (Å²) in [7, 11) is 0. The monoisotopic (exact) mass is 535 g/mol. The van der Waals surface area contributed by atoms with Crippen LogP contribution in [0.5, 0.6) is 0 Å². The summed E-state index contributed by atoms with van der Waals surface area (Å²) in [5, 5.41) is 3.32. The molecule has 0 atom stereocenters. The van der Waals surface area contributed by atoms with E-state index in [0.29, 0.717) is 45.4 Å². The second-order valence-corrected chi connectivity index (χ2v) is 9.97. The number of pyridine rings is 1. The van der Waals surface area contributed by atoms with Crippen molar-refractivity contribution in [3.8, 4) is 11.1 Å². The van der Waals surface area contributed by atoms with Gasteiger partial charge in [0.25, 0.3) is 0 Å². The van der Waals surface area contributed by atoms with E-state index in [4.69, 9.17) is 10.7 Å². The van der Waals surface area contributed by atoms with Gasteiger partial charge >= 0.3 is 0 Å². The number of anilines is 2. The number of nitrogens with one attached hydrogen (secondary N) is 2. The van der Waals surface area contributed by atoms with Gasteiger partial charge < -0.3 is 16.0 Å². The molecule has 0 amide bonds. The van der Waals surface area contributed by atoms with Gasteiger partial charge in [0.05, 0.1) is 17.6 Å². The lowest BCUT2D eigenvalue weighted by atomic mass is 9.83. The maximum absolute atomic E-state index is 16.1. The Hall–Kier alpha value is -4.78.